The molecule has 0 spiro atoms. The van der Waals surface area contributed by atoms with E-state index in [1.807, 2.05) is 23.1 Å². The summed E-state index contributed by atoms with van der Waals surface area (Å²) in [6, 6.07) is 6.36. The Morgan fingerprint density at radius 3 is 2.48 bits per heavy atom. The Bertz CT molecular complexity index is 700. The molecule has 1 saturated heterocycles. The number of rotatable bonds is 3. The highest BCUT2D eigenvalue weighted by molar-refractivity contribution is 5.93. The van der Waals surface area contributed by atoms with Crippen molar-refractivity contribution in [3.8, 4) is 11.3 Å². The summed E-state index contributed by atoms with van der Waals surface area (Å²) in [5.41, 5.74) is 2.32. The number of nitrogens with one attached hydrogen (secondary N) is 1. The summed E-state index contributed by atoms with van der Waals surface area (Å²) < 4.78 is 0. The molecule has 0 aromatic carbocycles. The summed E-state index contributed by atoms with van der Waals surface area (Å²) in [5, 5.41) is 7.18. The summed E-state index contributed by atoms with van der Waals surface area (Å²) in [5.74, 6) is 0.0519. The van der Waals surface area contributed by atoms with E-state index in [9.17, 15) is 4.79 Å². The maximum Gasteiger partial charge on any atom is 0.271 e. The summed E-state index contributed by atoms with van der Waals surface area (Å²) in [7, 11) is 0. The van der Waals surface area contributed by atoms with E-state index >= 15 is 0 Å². The maximum atomic E-state index is 12.8. The number of piperazine rings is 1. The molecule has 2 fully saturated rings. The molecule has 2 aliphatic rings. The fraction of sp³-hybridized carbons (Fsp3) is 0.526. The van der Waals surface area contributed by atoms with E-state index in [4.69, 9.17) is 0 Å². The predicted octanol–water partition coefficient (Wildman–Crippen LogP) is 2.56. The molecule has 25 heavy (non-hydrogen) atoms. The number of nitrogens with zero attached hydrogens (tertiary/aromatic N) is 4. The molecule has 1 saturated carbocycles. The summed E-state index contributed by atoms with van der Waals surface area (Å²) in [6.45, 7) is 3.58. The van der Waals surface area contributed by atoms with Crippen molar-refractivity contribution in [3.05, 3.63) is 36.3 Å². The Morgan fingerprint density at radius 1 is 1.04 bits per heavy atom. The number of hydrogen-bond acceptors (Lipinski definition) is 4. The minimum atomic E-state index is 0.0519. The zero-order chi connectivity index (χ0) is 17.1. The average molecular weight is 339 g/mol. The van der Waals surface area contributed by atoms with E-state index in [1.165, 1.54) is 32.1 Å². The second-order valence-electron chi connectivity index (χ2n) is 7.02. The van der Waals surface area contributed by atoms with Gasteiger partial charge in [-0.15, -0.1) is 0 Å². The molecule has 1 amide bonds. The van der Waals surface area contributed by atoms with Crippen LogP contribution < -0.4 is 0 Å². The molecule has 3 heterocycles. The molecule has 2 aromatic rings. The van der Waals surface area contributed by atoms with Crippen LogP contribution >= 0.6 is 0 Å². The number of amides is 1. The van der Waals surface area contributed by atoms with Crippen LogP contribution in [-0.2, 0) is 0 Å². The van der Waals surface area contributed by atoms with Gasteiger partial charge in [0.2, 0.25) is 0 Å². The molecule has 4 rings (SSSR count). The van der Waals surface area contributed by atoms with E-state index in [1.54, 1.807) is 12.4 Å². The van der Waals surface area contributed by atoms with Crippen molar-refractivity contribution in [1.82, 2.24) is 25.0 Å². The smallest absolute Gasteiger partial charge is 0.271 e. The first-order chi connectivity index (χ1) is 12.3. The Morgan fingerprint density at radius 2 is 1.76 bits per heavy atom. The van der Waals surface area contributed by atoms with Crippen molar-refractivity contribution in [2.75, 3.05) is 26.2 Å². The summed E-state index contributed by atoms with van der Waals surface area (Å²) >= 11 is 0. The molecule has 0 radical (unpaired) electrons. The van der Waals surface area contributed by atoms with Crippen molar-refractivity contribution >= 4 is 5.91 Å². The SMILES string of the molecule is O=C(c1cc(-c2ccncc2)n[nH]1)N1CCN(C2CCCCC2)CC1. The van der Waals surface area contributed by atoms with Crippen molar-refractivity contribution in [3.63, 3.8) is 0 Å². The first kappa shape index (κ1) is 16.3. The van der Waals surface area contributed by atoms with Gasteiger partial charge in [0, 0.05) is 50.2 Å². The fourth-order valence-electron chi connectivity index (χ4n) is 4.01. The van der Waals surface area contributed by atoms with Crippen LogP contribution in [0, 0.1) is 0 Å². The molecule has 0 bridgehead atoms. The quantitative estimate of drug-likeness (QED) is 0.933. The first-order valence-electron chi connectivity index (χ1n) is 9.30. The molecule has 0 unspecified atom stereocenters. The third-order valence-corrected chi connectivity index (χ3v) is 5.48. The van der Waals surface area contributed by atoms with Gasteiger partial charge in [-0.25, -0.2) is 0 Å². The van der Waals surface area contributed by atoms with Crippen LogP contribution in [0.3, 0.4) is 0 Å². The lowest BCUT2D eigenvalue weighted by Gasteiger charge is -2.40. The van der Waals surface area contributed by atoms with Crippen molar-refractivity contribution in [2.45, 2.75) is 38.1 Å². The largest absolute Gasteiger partial charge is 0.335 e. The number of H-pyrrole nitrogens is 1. The third-order valence-electron chi connectivity index (χ3n) is 5.48. The minimum absolute atomic E-state index is 0.0519. The Balaban J connectivity index is 1.37. The van der Waals surface area contributed by atoms with Crippen molar-refractivity contribution < 1.29 is 4.79 Å². The Kier molecular flexibility index (Phi) is 4.78. The number of carbonyl (C=O) groups is 1. The molecule has 6 heteroatoms. The molecular formula is C19H25N5O. The number of aromatic nitrogens is 3. The normalized spacial score (nSPS) is 19.9. The van der Waals surface area contributed by atoms with E-state index in [-0.39, 0.29) is 5.91 Å². The maximum absolute atomic E-state index is 12.8. The number of pyridine rings is 1. The number of hydrogen-bond donors (Lipinski definition) is 1. The van der Waals surface area contributed by atoms with Gasteiger partial charge in [-0.1, -0.05) is 19.3 Å². The van der Waals surface area contributed by atoms with Gasteiger partial charge in [0.15, 0.2) is 0 Å². The van der Waals surface area contributed by atoms with E-state index < -0.39 is 0 Å². The highest BCUT2D eigenvalue weighted by atomic mass is 16.2. The highest BCUT2D eigenvalue weighted by Gasteiger charge is 2.28. The van der Waals surface area contributed by atoms with Gasteiger partial charge < -0.3 is 4.90 Å². The summed E-state index contributed by atoms with van der Waals surface area (Å²) in [4.78, 5) is 21.3. The topological polar surface area (TPSA) is 65.1 Å². The number of aromatic amines is 1. The monoisotopic (exact) mass is 339 g/mol. The van der Waals surface area contributed by atoms with E-state index in [0.717, 1.165) is 43.5 Å². The van der Waals surface area contributed by atoms with Gasteiger partial charge in [0.25, 0.3) is 5.91 Å². The van der Waals surface area contributed by atoms with Gasteiger partial charge in [-0.05, 0) is 31.0 Å². The molecule has 132 valence electrons. The van der Waals surface area contributed by atoms with E-state index in [2.05, 4.69) is 20.1 Å². The molecule has 6 nitrogen and oxygen atoms in total. The van der Waals surface area contributed by atoms with Crippen LogP contribution in [0.4, 0.5) is 0 Å². The zero-order valence-electron chi connectivity index (χ0n) is 14.5. The van der Waals surface area contributed by atoms with Gasteiger partial charge in [0.05, 0.1) is 5.69 Å². The van der Waals surface area contributed by atoms with Crippen LogP contribution in [0.2, 0.25) is 0 Å². The average Bonchev–Trinajstić information content (AvgIpc) is 3.19. The molecule has 1 N–H and O–H groups in total. The van der Waals surface area contributed by atoms with Crippen LogP contribution in [0.5, 0.6) is 0 Å². The fourth-order valence-corrected chi connectivity index (χ4v) is 4.01. The lowest BCUT2D eigenvalue weighted by atomic mass is 9.94. The van der Waals surface area contributed by atoms with Crippen LogP contribution in [0.1, 0.15) is 42.6 Å². The zero-order valence-corrected chi connectivity index (χ0v) is 14.5. The summed E-state index contributed by atoms with van der Waals surface area (Å²) in [6.07, 6.45) is 10.2. The molecule has 0 atom stereocenters. The molecular weight excluding hydrogens is 314 g/mol. The molecule has 2 aromatic heterocycles. The standard InChI is InChI=1S/C19H25N5O/c25-19(18-14-17(21-22-18)15-6-8-20-9-7-15)24-12-10-23(11-13-24)16-4-2-1-3-5-16/h6-9,14,16H,1-5,10-13H2,(H,21,22). The molecule has 1 aliphatic heterocycles. The Labute approximate surface area is 148 Å². The van der Waals surface area contributed by atoms with Gasteiger partial charge in [-0.3, -0.25) is 19.8 Å². The van der Waals surface area contributed by atoms with Gasteiger partial charge >= 0.3 is 0 Å². The lowest BCUT2D eigenvalue weighted by Crippen LogP contribution is -2.52. The van der Waals surface area contributed by atoms with Crippen LogP contribution in [-0.4, -0.2) is 63.1 Å². The third kappa shape index (κ3) is 3.58. The van der Waals surface area contributed by atoms with E-state index in [0.29, 0.717) is 5.69 Å². The van der Waals surface area contributed by atoms with Gasteiger partial charge in [0.1, 0.15) is 5.69 Å². The second kappa shape index (κ2) is 7.35. The minimum Gasteiger partial charge on any atom is -0.335 e. The van der Waals surface area contributed by atoms with Crippen molar-refractivity contribution in [2.24, 2.45) is 0 Å². The van der Waals surface area contributed by atoms with Crippen LogP contribution in [0.25, 0.3) is 11.3 Å². The first-order valence-corrected chi connectivity index (χ1v) is 9.30. The van der Waals surface area contributed by atoms with Gasteiger partial charge in [-0.2, -0.15) is 5.10 Å². The predicted molar refractivity (Wildman–Crippen MR) is 96.2 cm³/mol. The Hall–Kier alpha value is -2.21. The lowest BCUT2D eigenvalue weighted by molar-refractivity contribution is 0.0518. The second-order valence-corrected chi connectivity index (χ2v) is 7.02. The highest BCUT2D eigenvalue weighted by Crippen LogP contribution is 2.24. The van der Waals surface area contributed by atoms with Crippen LogP contribution in [0.15, 0.2) is 30.6 Å². The number of carbonyl (C=O) groups excluding carboxylic acids is 1. The van der Waals surface area contributed by atoms with Crippen molar-refractivity contribution in [1.29, 1.82) is 0 Å². The molecule has 1 aliphatic carbocycles.